The van der Waals surface area contributed by atoms with Gasteiger partial charge in [-0.2, -0.15) is 0 Å². The van der Waals surface area contributed by atoms with Gasteiger partial charge in [-0.15, -0.1) is 0 Å². The van der Waals surface area contributed by atoms with E-state index in [1.54, 1.807) is 19.2 Å². The third-order valence-electron chi connectivity index (χ3n) is 5.49. The van der Waals surface area contributed by atoms with Crippen molar-refractivity contribution in [1.82, 2.24) is 0 Å². The average molecular weight is 416 g/mol. The molecule has 3 rings (SSSR count). The number of halogens is 1. The van der Waals surface area contributed by atoms with Gasteiger partial charge in [0.25, 0.3) is 5.91 Å². The second-order valence-electron chi connectivity index (χ2n) is 7.12. The summed E-state index contributed by atoms with van der Waals surface area (Å²) >= 11 is 3.38. The number of nitrogens with zero attached hydrogens (tertiary/aromatic N) is 1. The molecular formula is C21H22BrNO3. The monoisotopic (exact) mass is 415 g/mol. The molecule has 1 aliphatic rings. The lowest BCUT2D eigenvalue weighted by atomic mass is 9.84. The van der Waals surface area contributed by atoms with E-state index in [0.717, 1.165) is 26.7 Å². The molecule has 5 heteroatoms. The zero-order valence-electron chi connectivity index (χ0n) is 15.6. The average Bonchev–Trinajstić information content (AvgIpc) is 2.75. The molecule has 1 amide bonds. The number of rotatable bonds is 3. The molecule has 1 N–H and O–H groups in total. The molecule has 0 fully saturated rings. The number of fused-ring (bicyclic) bond motifs is 1. The van der Waals surface area contributed by atoms with Crippen molar-refractivity contribution < 1.29 is 14.7 Å². The molecule has 1 heterocycles. The highest BCUT2D eigenvalue weighted by atomic mass is 79.9. The zero-order chi connectivity index (χ0) is 19.4. The topological polar surface area (TPSA) is 57.6 Å². The van der Waals surface area contributed by atoms with Gasteiger partial charge in [0, 0.05) is 22.6 Å². The maximum absolute atomic E-state index is 13.2. The fraction of sp³-hybridized carbons (Fsp3) is 0.333. The predicted octanol–water partition coefficient (Wildman–Crippen LogP) is 4.12. The standard InChI is InChI=1S/C21H22BrNO3/c1-11-8-12(2)14(4)19(13(11)3)18(24)10-21(26)16-9-15(22)6-7-17(16)23(5)20(21)25/h6-9,26H,10H2,1-5H3/t21-/m0/s1. The number of hydrogen-bond donors (Lipinski definition) is 1. The molecule has 1 aliphatic heterocycles. The molecule has 2 aromatic rings. The largest absolute Gasteiger partial charge is 0.375 e. The number of carbonyl (C=O) groups is 2. The minimum absolute atomic E-state index is 0.219. The number of carbonyl (C=O) groups excluding carboxylic acids is 2. The van der Waals surface area contributed by atoms with Crippen molar-refractivity contribution in [3.05, 3.63) is 62.1 Å². The first-order valence-corrected chi connectivity index (χ1v) is 9.28. The molecule has 136 valence electrons. The Hall–Kier alpha value is -1.98. The number of ketones is 1. The predicted molar refractivity (Wildman–Crippen MR) is 106 cm³/mol. The van der Waals surface area contributed by atoms with Gasteiger partial charge in [-0.1, -0.05) is 22.0 Å². The van der Waals surface area contributed by atoms with Crippen LogP contribution in [-0.4, -0.2) is 23.8 Å². The normalized spacial score (nSPS) is 19.0. The van der Waals surface area contributed by atoms with Crippen LogP contribution in [0.4, 0.5) is 5.69 Å². The van der Waals surface area contributed by atoms with Crippen LogP contribution in [0.15, 0.2) is 28.7 Å². The number of amides is 1. The van der Waals surface area contributed by atoms with Crippen molar-refractivity contribution in [2.75, 3.05) is 11.9 Å². The van der Waals surface area contributed by atoms with E-state index in [1.165, 1.54) is 4.90 Å². The van der Waals surface area contributed by atoms with Crippen LogP contribution in [0.2, 0.25) is 0 Å². The van der Waals surface area contributed by atoms with E-state index >= 15 is 0 Å². The molecule has 0 saturated heterocycles. The first-order valence-electron chi connectivity index (χ1n) is 8.49. The smallest absolute Gasteiger partial charge is 0.263 e. The quantitative estimate of drug-likeness (QED) is 0.766. The second kappa shape index (κ2) is 6.32. The molecule has 0 radical (unpaired) electrons. The van der Waals surface area contributed by atoms with Gasteiger partial charge in [-0.3, -0.25) is 9.59 Å². The Morgan fingerprint density at radius 1 is 1.12 bits per heavy atom. The molecule has 0 bridgehead atoms. The summed E-state index contributed by atoms with van der Waals surface area (Å²) in [5.41, 5.74) is 3.71. The number of hydrogen-bond acceptors (Lipinski definition) is 3. The van der Waals surface area contributed by atoms with Crippen LogP contribution in [0.3, 0.4) is 0 Å². The number of benzene rings is 2. The van der Waals surface area contributed by atoms with Crippen molar-refractivity contribution >= 4 is 33.3 Å². The van der Waals surface area contributed by atoms with E-state index in [0.29, 0.717) is 16.8 Å². The molecule has 26 heavy (non-hydrogen) atoms. The molecule has 1 atom stereocenters. The van der Waals surface area contributed by atoms with Gasteiger partial charge >= 0.3 is 0 Å². The van der Waals surface area contributed by atoms with E-state index in [-0.39, 0.29) is 12.2 Å². The fourth-order valence-corrected chi connectivity index (χ4v) is 4.12. The molecule has 0 saturated carbocycles. The molecule has 0 unspecified atom stereocenters. The number of aryl methyl sites for hydroxylation is 2. The summed E-state index contributed by atoms with van der Waals surface area (Å²) in [6.07, 6.45) is -0.274. The second-order valence-corrected chi connectivity index (χ2v) is 8.04. The molecule has 2 aromatic carbocycles. The van der Waals surface area contributed by atoms with Crippen molar-refractivity contribution in [2.45, 2.75) is 39.7 Å². The zero-order valence-corrected chi connectivity index (χ0v) is 17.2. The van der Waals surface area contributed by atoms with E-state index in [1.807, 2.05) is 33.8 Å². The van der Waals surface area contributed by atoms with Crippen molar-refractivity contribution in [1.29, 1.82) is 0 Å². The maximum Gasteiger partial charge on any atom is 0.263 e. The third kappa shape index (κ3) is 2.70. The molecule has 0 spiro atoms. The van der Waals surface area contributed by atoms with E-state index in [9.17, 15) is 14.7 Å². The Balaban J connectivity index is 2.09. The number of likely N-dealkylation sites (N-methyl/N-ethyl adjacent to an activating group) is 1. The van der Waals surface area contributed by atoms with Crippen LogP contribution < -0.4 is 4.90 Å². The Bertz CT molecular complexity index is 925. The van der Waals surface area contributed by atoms with Crippen molar-refractivity contribution in [3.63, 3.8) is 0 Å². The molecule has 4 nitrogen and oxygen atoms in total. The number of Topliss-reactive ketones (excluding diaryl/α,β-unsaturated/α-hetero) is 1. The van der Waals surface area contributed by atoms with Crippen LogP contribution in [0.25, 0.3) is 0 Å². The lowest BCUT2D eigenvalue weighted by molar-refractivity contribution is -0.135. The van der Waals surface area contributed by atoms with Crippen LogP contribution in [0.1, 0.15) is 44.6 Å². The van der Waals surface area contributed by atoms with Gasteiger partial charge in [-0.05, 0) is 68.1 Å². The molecule has 0 aliphatic carbocycles. The van der Waals surface area contributed by atoms with Crippen molar-refractivity contribution in [2.24, 2.45) is 0 Å². The highest BCUT2D eigenvalue weighted by molar-refractivity contribution is 9.10. The van der Waals surface area contributed by atoms with Gasteiger partial charge in [0.1, 0.15) is 0 Å². The van der Waals surface area contributed by atoms with Crippen molar-refractivity contribution in [3.8, 4) is 0 Å². The maximum atomic E-state index is 13.2. The summed E-state index contributed by atoms with van der Waals surface area (Å²) in [4.78, 5) is 27.3. The Labute approximate surface area is 162 Å². The number of anilines is 1. The minimum atomic E-state index is -1.85. The van der Waals surface area contributed by atoms with Crippen LogP contribution in [0, 0.1) is 27.7 Å². The van der Waals surface area contributed by atoms with E-state index < -0.39 is 11.5 Å². The Morgan fingerprint density at radius 3 is 2.27 bits per heavy atom. The van der Waals surface area contributed by atoms with Gasteiger partial charge in [-0.25, -0.2) is 0 Å². The minimum Gasteiger partial charge on any atom is -0.375 e. The van der Waals surface area contributed by atoms with E-state index in [4.69, 9.17) is 0 Å². The van der Waals surface area contributed by atoms with E-state index in [2.05, 4.69) is 22.0 Å². The molecule has 0 aromatic heterocycles. The first-order chi connectivity index (χ1) is 12.1. The summed E-state index contributed by atoms with van der Waals surface area (Å²) in [5, 5.41) is 11.2. The summed E-state index contributed by atoms with van der Waals surface area (Å²) in [7, 11) is 1.62. The first kappa shape index (κ1) is 18.8. The van der Waals surface area contributed by atoms with Gasteiger partial charge in [0.15, 0.2) is 11.4 Å². The SMILES string of the molecule is Cc1cc(C)c(C)c(C(=O)C[C@@]2(O)C(=O)N(C)c3ccc(Br)cc32)c1C. The highest BCUT2D eigenvalue weighted by Crippen LogP contribution is 2.43. The van der Waals surface area contributed by atoms with Crippen LogP contribution >= 0.6 is 15.9 Å². The fourth-order valence-electron chi connectivity index (χ4n) is 3.76. The summed E-state index contributed by atoms with van der Waals surface area (Å²) in [6.45, 7) is 7.75. The Kier molecular flexibility index (Phi) is 4.57. The van der Waals surface area contributed by atoms with Crippen LogP contribution in [0.5, 0.6) is 0 Å². The summed E-state index contributed by atoms with van der Waals surface area (Å²) < 4.78 is 0.754. The van der Waals surface area contributed by atoms with Gasteiger partial charge in [0.2, 0.25) is 0 Å². The Morgan fingerprint density at radius 2 is 1.69 bits per heavy atom. The lowest BCUT2D eigenvalue weighted by Gasteiger charge is -2.23. The number of aliphatic hydroxyl groups is 1. The third-order valence-corrected chi connectivity index (χ3v) is 5.98. The van der Waals surface area contributed by atoms with Gasteiger partial charge < -0.3 is 10.0 Å². The lowest BCUT2D eigenvalue weighted by Crippen LogP contribution is -2.40. The van der Waals surface area contributed by atoms with Gasteiger partial charge in [0.05, 0.1) is 12.1 Å². The highest BCUT2D eigenvalue weighted by Gasteiger charge is 2.50. The summed E-state index contributed by atoms with van der Waals surface area (Å²) in [5.74, 6) is -0.692. The summed E-state index contributed by atoms with van der Waals surface area (Å²) in [6, 6.07) is 7.35. The van der Waals surface area contributed by atoms with Crippen LogP contribution in [-0.2, 0) is 10.4 Å². The molecular weight excluding hydrogens is 394 g/mol.